The molecule has 0 aliphatic heterocycles. The Morgan fingerprint density at radius 3 is 1.82 bits per heavy atom. The molecule has 0 saturated heterocycles. The van der Waals surface area contributed by atoms with Gasteiger partial charge in [-0.05, 0) is 28.8 Å². The Labute approximate surface area is 253 Å². The summed E-state index contributed by atoms with van der Waals surface area (Å²) in [6.45, 7) is 0.0252. The number of esters is 1. The first kappa shape index (κ1) is 30.1. The Morgan fingerprint density at radius 1 is 0.705 bits per heavy atom. The van der Waals surface area contributed by atoms with Gasteiger partial charge in [0.05, 0.1) is 12.5 Å². The maximum absolute atomic E-state index is 13.9. The molecule has 2 aromatic heterocycles. The summed E-state index contributed by atoms with van der Waals surface area (Å²) in [6.07, 6.45) is 3.39. The molecule has 0 aliphatic carbocycles. The van der Waals surface area contributed by atoms with E-state index in [1.807, 2.05) is 78.9 Å². The Bertz CT molecular complexity index is 1780. The van der Waals surface area contributed by atoms with E-state index in [0.717, 1.165) is 38.5 Å². The second kappa shape index (κ2) is 13.7. The fourth-order valence-corrected chi connectivity index (χ4v) is 5.13. The Kier molecular flexibility index (Phi) is 9.36. The molecule has 0 fully saturated rings. The van der Waals surface area contributed by atoms with Gasteiger partial charge in [0.2, 0.25) is 17.7 Å². The average Bonchev–Trinajstić information content (AvgIpc) is 3.63. The lowest BCUT2D eigenvalue weighted by Gasteiger charge is -2.24. The van der Waals surface area contributed by atoms with E-state index in [1.165, 1.54) is 0 Å². The number of carbonyl (C=O) groups excluding carboxylic acids is 4. The number of fused-ring (bicyclic) bond motifs is 2. The topological polar surface area (TPSA) is 185 Å². The van der Waals surface area contributed by atoms with Crippen molar-refractivity contribution in [1.82, 2.24) is 20.6 Å². The van der Waals surface area contributed by atoms with Crippen molar-refractivity contribution < 1.29 is 23.9 Å². The molecule has 226 valence electrons. The summed E-state index contributed by atoms with van der Waals surface area (Å²) in [4.78, 5) is 58.0. The first-order valence-electron chi connectivity index (χ1n) is 14.2. The number of nitrogens with one attached hydrogen (secondary N) is 4. The van der Waals surface area contributed by atoms with Crippen LogP contribution in [0.5, 0.6) is 0 Å². The first-order chi connectivity index (χ1) is 21.3. The second-order valence-corrected chi connectivity index (χ2v) is 10.6. The van der Waals surface area contributed by atoms with Gasteiger partial charge in [-0.2, -0.15) is 0 Å². The van der Waals surface area contributed by atoms with Crippen LogP contribution in [-0.4, -0.2) is 51.8 Å². The molecular weight excluding hydrogens is 560 g/mol. The number of hydrogen-bond acceptors (Lipinski definition) is 6. The molecule has 0 unspecified atom stereocenters. The van der Waals surface area contributed by atoms with Gasteiger partial charge in [0.1, 0.15) is 18.7 Å². The minimum absolute atomic E-state index is 0.0252. The summed E-state index contributed by atoms with van der Waals surface area (Å²) in [5.74, 6) is -2.71. The van der Waals surface area contributed by atoms with Crippen LogP contribution in [0.25, 0.3) is 21.8 Å². The van der Waals surface area contributed by atoms with Gasteiger partial charge in [-0.1, -0.05) is 66.7 Å². The number of rotatable bonds is 13. The van der Waals surface area contributed by atoms with Crippen molar-refractivity contribution in [1.29, 1.82) is 0 Å². The van der Waals surface area contributed by atoms with Crippen LogP contribution in [0.4, 0.5) is 0 Å². The number of benzene rings is 3. The van der Waals surface area contributed by atoms with E-state index in [4.69, 9.17) is 16.2 Å². The molecular formula is C33H34N6O5. The number of hydrogen-bond donors (Lipinski definition) is 6. The van der Waals surface area contributed by atoms with Crippen LogP contribution >= 0.6 is 0 Å². The number of H-pyrrole nitrogens is 2. The minimum atomic E-state index is -1.25. The summed E-state index contributed by atoms with van der Waals surface area (Å²) in [5, 5.41) is 7.26. The van der Waals surface area contributed by atoms with Crippen molar-refractivity contribution in [3.05, 3.63) is 108 Å². The third kappa shape index (κ3) is 7.31. The zero-order valence-electron chi connectivity index (χ0n) is 23.9. The van der Waals surface area contributed by atoms with Crippen LogP contribution in [-0.2, 0) is 43.4 Å². The molecule has 3 atom stereocenters. The number of carbonyl (C=O) groups is 4. The Hall–Kier alpha value is -5.42. The summed E-state index contributed by atoms with van der Waals surface area (Å²) in [5.41, 5.74) is 15.2. The number of para-hydroxylation sites is 2. The number of primary amides is 1. The zero-order valence-corrected chi connectivity index (χ0v) is 23.9. The van der Waals surface area contributed by atoms with Crippen molar-refractivity contribution in [3.8, 4) is 0 Å². The van der Waals surface area contributed by atoms with Crippen LogP contribution in [0, 0.1) is 0 Å². The molecule has 0 saturated carbocycles. The van der Waals surface area contributed by atoms with E-state index in [-0.39, 0.29) is 25.9 Å². The normalized spacial score (nSPS) is 13.2. The van der Waals surface area contributed by atoms with Gasteiger partial charge in [-0.15, -0.1) is 0 Å². The lowest BCUT2D eigenvalue weighted by Crippen LogP contribution is -2.56. The molecule has 0 radical (unpaired) electrons. The van der Waals surface area contributed by atoms with E-state index >= 15 is 0 Å². The van der Waals surface area contributed by atoms with Gasteiger partial charge >= 0.3 is 5.97 Å². The maximum atomic E-state index is 13.9. The lowest BCUT2D eigenvalue weighted by molar-refractivity contribution is -0.149. The molecule has 11 nitrogen and oxygen atoms in total. The lowest BCUT2D eigenvalue weighted by atomic mass is 10.0. The molecule has 3 amide bonds. The summed E-state index contributed by atoms with van der Waals surface area (Å²) >= 11 is 0. The summed E-state index contributed by atoms with van der Waals surface area (Å²) < 4.78 is 5.63. The molecule has 0 spiro atoms. The SMILES string of the molecule is NC(=O)C[C@H](N)C(=O)N[C@@H](Cc1c[nH]c2ccccc12)C(=O)N[C@@H](Cc1c[nH]c2ccccc12)C(=O)OCc1ccccc1. The molecule has 3 aromatic carbocycles. The van der Waals surface area contributed by atoms with Gasteiger partial charge in [0, 0.05) is 47.0 Å². The minimum Gasteiger partial charge on any atom is -0.459 e. The van der Waals surface area contributed by atoms with Crippen LogP contribution in [0.1, 0.15) is 23.1 Å². The third-order valence-electron chi connectivity index (χ3n) is 7.41. The summed E-state index contributed by atoms with van der Waals surface area (Å²) in [7, 11) is 0. The maximum Gasteiger partial charge on any atom is 0.329 e. The molecule has 2 heterocycles. The predicted octanol–water partition coefficient (Wildman–Crippen LogP) is 2.35. The van der Waals surface area contributed by atoms with E-state index in [2.05, 4.69) is 20.6 Å². The van der Waals surface area contributed by atoms with Crippen molar-refractivity contribution in [2.45, 2.75) is 44.0 Å². The Balaban J connectivity index is 1.40. The van der Waals surface area contributed by atoms with E-state index < -0.39 is 41.8 Å². The fraction of sp³-hybridized carbons (Fsp3) is 0.212. The van der Waals surface area contributed by atoms with Gasteiger partial charge in [-0.25, -0.2) is 4.79 Å². The highest BCUT2D eigenvalue weighted by molar-refractivity contribution is 5.95. The van der Waals surface area contributed by atoms with Crippen molar-refractivity contribution in [3.63, 3.8) is 0 Å². The van der Waals surface area contributed by atoms with Gasteiger partial charge in [0.25, 0.3) is 0 Å². The van der Waals surface area contributed by atoms with E-state index in [9.17, 15) is 19.2 Å². The number of aromatic nitrogens is 2. The standard InChI is InChI=1S/C33H34N6O5/c34-25(16-30(35)40)31(41)38-28(14-21-17-36-26-12-6-4-10-23(21)26)32(42)39-29(33(43)44-19-20-8-2-1-3-9-20)15-22-18-37-27-13-7-5-11-24(22)27/h1-13,17-18,25,28-29,36-37H,14-16,19,34H2,(H2,35,40)(H,38,41)(H,39,42)/t25-,28-,29-/m0/s1. The molecule has 0 aliphatic rings. The highest BCUT2D eigenvalue weighted by Crippen LogP contribution is 2.21. The third-order valence-corrected chi connectivity index (χ3v) is 7.41. The van der Waals surface area contributed by atoms with Crippen molar-refractivity contribution in [2.75, 3.05) is 0 Å². The smallest absolute Gasteiger partial charge is 0.329 e. The second-order valence-electron chi connectivity index (χ2n) is 10.6. The van der Waals surface area contributed by atoms with Crippen LogP contribution in [0.15, 0.2) is 91.3 Å². The first-order valence-corrected chi connectivity index (χ1v) is 14.2. The van der Waals surface area contributed by atoms with Gasteiger partial charge < -0.3 is 36.8 Å². The number of amides is 3. The van der Waals surface area contributed by atoms with Crippen LogP contribution < -0.4 is 22.1 Å². The van der Waals surface area contributed by atoms with Crippen molar-refractivity contribution in [2.24, 2.45) is 11.5 Å². The van der Waals surface area contributed by atoms with E-state index in [1.54, 1.807) is 12.4 Å². The average molecular weight is 595 g/mol. The van der Waals surface area contributed by atoms with Crippen LogP contribution in [0.2, 0.25) is 0 Å². The molecule has 44 heavy (non-hydrogen) atoms. The number of aromatic amines is 2. The highest BCUT2D eigenvalue weighted by Gasteiger charge is 2.31. The monoisotopic (exact) mass is 594 g/mol. The van der Waals surface area contributed by atoms with E-state index in [0.29, 0.717) is 0 Å². The molecule has 5 rings (SSSR count). The predicted molar refractivity (Wildman–Crippen MR) is 166 cm³/mol. The number of ether oxygens (including phenoxy) is 1. The van der Waals surface area contributed by atoms with Crippen molar-refractivity contribution >= 4 is 45.5 Å². The quantitative estimate of drug-likeness (QED) is 0.114. The Morgan fingerprint density at radius 2 is 1.23 bits per heavy atom. The highest BCUT2D eigenvalue weighted by atomic mass is 16.5. The van der Waals surface area contributed by atoms with Gasteiger partial charge in [0.15, 0.2) is 0 Å². The summed E-state index contributed by atoms with van der Waals surface area (Å²) in [6, 6.07) is 21.0. The zero-order chi connectivity index (χ0) is 31.1. The van der Waals surface area contributed by atoms with Crippen LogP contribution in [0.3, 0.4) is 0 Å². The molecule has 0 bridgehead atoms. The largest absolute Gasteiger partial charge is 0.459 e. The van der Waals surface area contributed by atoms with Gasteiger partial charge in [-0.3, -0.25) is 14.4 Å². The number of nitrogens with two attached hydrogens (primary N) is 2. The molecule has 8 N–H and O–H groups in total. The molecule has 11 heteroatoms. The fourth-order valence-electron chi connectivity index (χ4n) is 5.13. The molecule has 5 aromatic rings.